The summed E-state index contributed by atoms with van der Waals surface area (Å²) in [4.78, 5) is 8.56. The number of nitriles is 2. The van der Waals surface area contributed by atoms with E-state index in [1.54, 1.807) is 0 Å². The molecule has 0 aromatic carbocycles. The minimum absolute atomic E-state index is 0. The van der Waals surface area contributed by atoms with Crippen molar-refractivity contribution in [2.24, 2.45) is 0 Å². The van der Waals surface area contributed by atoms with Gasteiger partial charge < -0.3 is 10.2 Å². The molecule has 0 aliphatic rings. The molecule has 0 aromatic rings. The normalized spacial score (nSPS) is 3.78. The molecule has 0 aliphatic heterocycles. The third-order valence-corrected chi connectivity index (χ3v) is 0.0500. The first-order chi connectivity index (χ1) is 3.65. The van der Waals surface area contributed by atoms with E-state index in [0.29, 0.717) is 0 Å². The van der Waals surface area contributed by atoms with Crippen LogP contribution >= 0.6 is 0 Å². The quantitative estimate of drug-likeness (QED) is 0.452. The van der Waals surface area contributed by atoms with Crippen molar-refractivity contribution in [3.8, 4) is 12.1 Å². The van der Waals surface area contributed by atoms with Gasteiger partial charge in [0.25, 0.3) is 0 Å². The van der Waals surface area contributed by atoms with Gasteiger partial charge in [-0.2, -0.15) is 10.5 Å². The second-order valence-electron chi connectivity index (χ2n) is 0.506. The summed E-state index contributed by atoms with van der Waals surface area (Å²) < 4.78 is 0. The molecule has 0 amide bonds. The van der Waals surface area contributed by atoms with Gasteiger partial charge in [0.15, 0.2) is 12.1 Å². The SMILES string of the molecule is N#CC#N.O=C(O)O.[Na]. The smallest absolute Gasteiger partial charge is 0.450 e. The molecule has 0 unspecified atom stereocenters. The van der Waals surface area contributed by atoms with Crippen LogP contribution in [0, 0.1) is 22.7 Å². The topological polar surface area (TPSA) is 105 Å². The first-order valence-corrected chi connectivity index (χ1v) is 1.35. The zero-order valence-corrected chi connectivity index (χ0v) is 6.70. The Morgan fingerprint density at radius 2 is 1.33 bits per heavy atom. The van der Waals surface area contributed by atoms with Crippen molar-refractivity contribution in [1.29, 1.82) is 10.5 Å². The summed E-state index contributed by atoms with van der Waals surface area (Å²) in [6.07, 6.45) is -1.83. The molecule has 0 spiro atoms. The molecule has 0 saturated heterocycles. The summed E-state index contributed by atoms with van der Waals surface area (Å²) in [6, 6.07) is 2.47. The zero-order valence-electron chi connectivity index (χ0n) is 4.70. The average molecular weight is 137 g/mol. The van der Waals surface area contributed by atoms with E-state index in [4.69, 9.17) is 25.5 Å². The second kappa shape index (κ2) is 15.7. The molecule has 0 rings (SSSR count). The number of carboxylic acid groups (broad SMARTS) is 2. The zero-order chi connectivity index (χ0) is 6.99. The van der Waals surface area contributed by atoms with Gasteiger partial charge in [-0.15, -0.1) is 0 Å². The third-order valence-electron chi connectivity index (χ3n) is 0.0500. The maximum absolute atomic E-state index is 8.56. The molecule has 0 bridgehead atoms. The van der Waals surface area contributed by atoms with Gasteiger partial charge >= 0.3 is 6.16 Å². The molecule has 0 heterocycles. The summed E-state index contributed by atoms with van der Waals surface area (Å²) in [5.41, 5.74) is 0. The Labute approximate surface area is 73.4 Å². The second-order valence-corrected chi connectivity index (χ2v) is 0.506. The van der Waals surface area contributed by atoms with Crippen molar-refractivity contribution in [1.82, 2.24) is 0 Å². The number of nitrogens with zero attached hydrogens (tertiary/aromatic N) is 2. The Morgan fingerprint density at radius 1 is 1.22 bits per heavy atom. The van der Waals surface area contributed by atoms with Crippen molar-refractivity contribution in [3.05, 3.63) is 0 Å². The van der Waals surface area contributed by atoms with Crippen molar-refractivity contribution in [2.75, 3.05) is 0 Å². The first-order valence-electron chi connectivity index (χ1n) is 1.35. The molecule has 9 heavy (non-hydrogen) atoms. The summed E-state index contributed by atoms with van der Waals surface area (Å²) in [5, 5.41) is 28.5. The van der Waals surface area contributed by atoms with E-state index in [9.17, 15) is 0 Å². The van der Waals surface area contributed by atoms with E-state index in [2.05, 4.69) is 0 Å². The van der Waals surface area contributed by atoms with E-state index in [1.165, 1.54) is 12.1 Å². The number of hydrogen-bond acceptors (Lipinski definition) is 3. The standard InChI is InChI=1S/C2N2.CH2O3.Na/c3-1-2-4;2-1(3)4;/h;(H2,2,3,4);. The van der Waals surface area contributed by atoms with Gasteiger partial charge in [-0.05, 0) is 0 Å². The molecule has 5 nitrogen and oxygen atoms in total. The third kappa shape index (κ3) is 3200. The predicted molar refractivity (Wildman–Crippen MR) is 27.6 cm³/mol. The molecule has 0 saturated carbocycles. The van der Waals surface area contributed by atoms with Crippen molar-refractivity contribution in [3.63, 3.8) is 0 Å². The van der Waals surface area contributed by atoms with E-state index in [1.807, 2.05) is 0 Å². The number of hydrogen-bond donors (Lipinski definition) is 2. The molecular formula is C3H2N2NaO3. The van der Waals surface area contributed by atoms with Gasteiger partial charge in [-0.3, -0.25) is 0 Å². The van der Waals surface area contributed by atoms with Crippen LogP contribution in [-0.2, 0) is 0 Å². The van der Waals surface area contributed by atoms with Crippen LogP contribution in [0.4, 0.5) is 4.79 Å². The van der Waals surface area contributed by atoms with E-state index in [0.717, 1.165) is 0 Å². The summed E-state index contributed by atoms with van der Waals surface area (Å²) in [5.74, 6) is 0. The fourth-order valence-electron chi connectivity index (χ4n) is 0. The minimum atomic E-state index is -1.83. The van der Waals surface area contributed by atoms with Crippen molar-refractivity contribution >= 4 is 35.7 Å². The van der Waals surface area contributed by atoms with Crippen LogP contribution < -0.4 is 0 Å². The van der Waals surface area contributed by atoms with Crippen LogP contribution in [0.25, 0.3) is 0 Å². The monoisotopic (exact) mass is 137 g/mol. The molecule has 0 aromatic heterocycles. The average Bonchev–Trinajstić information content (AvgIpc) is 1.65. The van der Waals surface area contributed by atoms with Gasteiger partial charge in [0.2, 0.25) is 0 Å². The largest absolute Gasteiger partial charge is 0.503 e. The van der Waals surface area contributed by atoms with Gasteiger partial charge in [0.05, 0.1) is 0 Å². The summed E-state index contributed by atoms with van der Waals surface area (Å²) >= 11 is 0. The molecule has 2 N–H and O–H groups in total. The Balaban J connectivity index is -0.0000000720. The predicted octanol–water partition coefficient (Wildman–Crippen LogP) is -0.125. The van der Waals surface area contributed by atoms with Gasteiger partial charge in [0, 0.05) is 29.6 Å². The minimum Gasteiger partial charge on any atom is -0.450 e. The number of rotatable bonds is 0. The van der Waals surface area contributed by atoms with Gasteiger partial charge in [-0.1, -0.05) is 0 Å². The van der Waals surface area contributed by atoms with Crippen LogP contribution in [-0.4, -0.2) is 45.9 Å². The van der Waals surface area contributed by atoms with Crippen LogP contribution in [0.5, 0.6) is 0 Å². The molecule has 43 valence electrons. The first kappa shape index (κ1) is 15.7. The Kier molecular flexibility index (Phi) is 27.4. The molecule has 1 radical (unpaired) electrons. The molecule has 0 atom stereocenters. The van der Waals surface area contributed by atoms with E-state index in [-0.39, 0.29) is 29.6 Å². The molecule has 6 heteroatoms. The van der Waals surface area contributed by atoms with Gasteiger partial charge in [-0.25, -0.2) is 4.79 Å². The Morgan fingerprint density at radius 3 is 1.33 bits per heavy atom. The van der Waals surface area contributed by atoms with E-state index >= 15 is 0 Å². The molecule has 0 fully saturated rings. The maximum Gasteiger partial charge on any atom is 0.503 e. The summed E-state index contributed by atoms with van der Waals surface area (Å²) in [6.45, 7) is 0. The van der Waals surface area contributed by atoms with Crippen LogP contribution in [0.2, 0.25) is 0 Å². The molecular weight excluding hydrogens is 135 g/mol. The fraction of sp³-hybridized carbons (Fsp3) is 0. The van der Waals surface area contributed by atoms with Crippen molar-refractivity contribution in [2.45, 2.75) is 0 Å². The maximum atomic E-state index is 8.56. The summed E-state index contributed by atoms with van der Waals surface area (Å²) in [7, 11) is 0. The van der Waals surface area contributed by atoms with E-state index < -0.39 is 6.16 Å². The fourth-order valence-corrected chi connectivity index (χ4v) is 0. The number of carbonyl (C=O) groups is 1. The Hall–Kier alpha value is -0.750. The van der Waals surface area contributed by atoms with Gasteiger partial charge in [0.1, 0.15) is 0 Å². The van der Waals surface area contributed by atoms with Crippen LogP contribution in [0.3, 0.4) is 0 Å². The van der Waals surface area contributed by atoms with Crippen LogP contribution in [0.1, 0.15) is 0 Å². The Bertz CT molecular complexity index is 128. The molecule has 0 aliphatic carbocycles. The van der Waals surface area contributed by atoms with Crippen LogP contribution in [0.15, 0.2) is 0 Å². The van der Waals surface area contributed by atoms with Crippen molar-refractivity contribution < 1.29 is 15.0 Å².